The molecule has 0 bridgehead atoms. The van der Waals surface area contributed by atoms with Crippen molar-refractivity contribution in [2.75, 3.05) is 50.1 Å². The topological polar surface area (TPSA) is 106 Å². The number of carbonyl (C=O) groups excluding carboxylic acids is 1. The maximum absolute atomic E-state index is 12.0. The van der Waals surface area contributed by atoms with Crippen LogP contribution in [0.25, 0.3) is 37.6 Å². The molecule has 0 aliphatic carbocycles. The van der Waals surface area contributed by atoms with Gasteiger partial charge < -0.3 is 24.0 Å². The van der Waals surface area contributed by atoms with Crippen LogP contribution in [0.3, 0.4) is 0 Å². The van der Waals surface area contributed by atoms with Crippen LogP contribution in [0, 0.1) is 17.9 Å². The maximum Gasteiger partial charge on any atom is 0.374 e. The van der Waals surface area contributed by atoms with Crippen LogP contribution in [0.4, 0.5) is 11.4 Å². The number of halogens is 1. The second kappa shape index (κ2) is 17.1. The minimum Gasteiger partial charge on any atom is -0.460 e. The van der Waals surface area contributed by atoms with Crippen LogP contribution in [0.5, 0.6) is 0 Å². The van der Waals surface area contributed by atoms with Crippen molar-refractivity contribution < 1.29 is 13.9 Å². The standard InChI is InChI=1S/C28H30N4O3.C13H13ClN2/c1-2-34-28(33)27-17-22-16-23(7-9-26(22)35-27)32-13-11-31(12-14-32)10-4-3-5-21-19-30-25-8-6-20(18-29)15-24(21)25;1-15-11-5-6-13-12(8-11)10(9-16-13)4-2-3-7-14/h6-9,15-17,19,30H,2-5,10-14H2,1H3;5-6,8-9,16H,2-4,7H2. The Morgan fingerprint density at radius 3 is 2.31 bits per heavy atom. The molecule has 6 aromatic rings. The normalized spacial score (nSPS) is 13.2. The van der Waals surface area contributed by atoms with Gasteiger partial charge in [-0.25, -0.2) is 9.64 Å². The predicted molar refractivity (Wildman–Crippen MR) is 205 cm³/mol. The number of hydrogen-bond acceptors (Lipinski definition) is 6. The SMILES string of the molecule is CCOC(=O)c1cc2cc(N3CCN(CCCCc4c[nH]c5ccc(C#N)cc45)CC3)ccc2o1.[C-]#[N+]c1ccc2[nH]cc(CCCCCl)c2c1. The predicted octanol–water partition coefficient (Wildman–Crippen LogP) is 9.39. The van der Waals surface area contributed by atoms with Crippen molar-refractivity contribution in [3.8, 4) is 6.07 Å². The lowest BCUT2D eigenvalue weighted by Crippen LogP contribution is -2.46. The van der Waals surface area contributed by atoms with E-state index in [0.29, 0.717) is 23.4 Å². The molecule has 10 heteroatoms. The number of ether oxygens (including phenoxy) is 1. The first-order valence-electron chi connectivity index (χ1n) is 17.7. The number of nitrogens with zero attached hydrogens (tertiary/aromatic N) is 4. The Balaban J connectivity index is 0.000000234. The molecule has 1 aliphatic heterocycles. The number of aromatic nitrogens is 2. The molecule has 0 amide bonds. The number of aryl methyl sites for hydroxylation is 2. The number of rotatable bonds is 12. The minimum absolute atomic E-state index is 0.252. The van der Waals surface area contributed by atoms with Gasteiger partial charge in [0, 0.05) is 71.9 Å². The second-order valence-corrected chi connectivity index (χ2v) is 13.2. The highest BCUT2D eigenvalue weighted by Crippen LogP contribution is 2.28. The van der Waals surface area contributed by atoms with Gasteiger partial charge in [0.1, 0.15) is 5.58 Å². The first-order chi connectivity index (χ1) is 25.0. The van der Waals surface area contributed by atoms with Crippen molar-refractivity contribution in [3.05, 3.63) is 107 Å². The summed E-state index contributed by atoms with van der Waals surface area (Å²) in [6.45, 7) is 14.3. The molecule has 2 N–H and O–H groups in total. The van der Waals surface area contributed by atoms with Crippen LogP contribution in [0.1, 0.15) is 59.9 Å². The highest BCUT2D eigenvalue weighted by Gasteiger charge is 2.19. The van der Waals surface area contributed by atoms with Gasteiger partial charge >= 0.3 is 5.97 Å². The molecule has 1 fully saturated rings. The maximum atomic E-state index is 12.0. The Morgan fingerprint density at radius 1 is 0.922 bits per heavy atom. The molecule has 3 aromatic carbocycles. The lowest BCUT2D eigenvalue weighted by atomic mass is 10.1. The number of fused-ring (bicyclic) bond motifs is 3. The molecule has 4 heterocycles. The quantitative estimate of drug-likeness (QED) is 0.0570. The van der Waals surface area contributed by atoms with Gasteiger partial charge in [-0.2, -0.15) is 5.26 Å². The number of esters is 1. The van der Waals surface area contributed by atoms with Crippen molar-refractivity contribution in [3.63, 3.8) is 0 Å². The van der Waals surface area contributed by atoms with E-state index in [9.17, 15) is 10.1 Å². The van der Waals surface area contributed by atoms with Crippen LogP contribution >= 0.6 is 11.6 Å². The van der Waals surface area contributed by atoms with Crippen molar-refractivity contribution in [1.82, 2.24) is 14.9 Å². The molecular weight excluding hydrogens is 660 g/mol. The Hall–Kier alpha value is -5.22. The smallest absolute Gasteiger partial charge is 0.374 e. The van der Waals surface area contributed by atoms with Gasteiger partial charge in [-0.3, -0.25) is 4.90 Å². The van der Waals surface area contributed by atoms with Gasteiger partial charge in [-0.05, 0) is 123 Å². The van der Waals surface area contributed by atoms with E-state index in [2.05, 4.69) is 49.0 Å². The number of anilines is 1. The number of alkyl halides is 1. The van der Waals surface area contributed by atoms with Crippen LogP contribution < -0.4 is 4.90 Å². The van der Waals surface area contributed by atoms with Crippen molar-refractivity contribution in [2.24, 2.45) is 0 Å². The monoisotopic (exact) mass is 702 g/mol. The van der Waals surface area contributed by atoms with Crippen LogP contribution in [-0.2, 0) is 17.6 Å². The number of carbonyl (C=O) groups is 1. The average Bonchev–Trinajstić information content (AvgIpc) is 3.90. The molecule has 0 atom stereocenters. The Bertz CT molecular complexity index is 2180. The highest BCUT2D eigenvalue weighted by molar-refractivity contribution is 6.17. The molecule has 0 radical (unpaired) electrons. The highest BCUT2D eigenvalue weighted by atomic mass is 35.5. The lowest BCUT2D eigenvalue weighted by Gasteiger charge is -2.36. The molecule has 262 valence electrons. The van der Waals surface area contributed by atoms with E-state index in [0.717, 1.165) is 99.2 Å². The summed E-state index contributed by atoms with van der Waals surface area (Å²) in [5.74, 6) is 0.549. The first-order valence-corrected chi connectivity index (χ1v) is 18.2. The molecule has 7 rings (SSSR count). The number of hydrogen-bond donors (Lipinski definition) is 2. The van der Waals surface area contributed by atoms with Gasteiger partial charge in [0.2, 0.25) is 5.76 Å². The number of benzene rings is 3. The molecule has 51 heavy (non-hydrogen) atoms. The molecule has 9 nitrogen and oxygen atoms in total. The zero-order valence-electron chi connectivity index (χ0n) is 29.0. The molecule has 1 aliphatic rings. The second-order valence-electron chi connectivity index (χ2n) is 12.8. The van der Waals surface area contributed by atoms with E-state index in [1.165, 1.54) is 21.9 Å². The zero-order valence-corrected chi connectivity index (χ0v) is 29.8. The average molecular weight is 703 g/mol. The Morgan fingerprint density at radius 2 is 1.63 bits per heavy atom. The summed E-state index contributed by atoms with van der Waals surface area (Å²) in [7, 11) is 0. The fourth-order valence-electron chi connectivity index (χ4n) is 6.72. The Kier molecular flexibility index (Phi) is 12.0. The fraction of sp³-hybridized carbons (Fsp3) is 0.341. The van der Waals surface area contributed by atoms with Crippen LogP contribution in [0.15, 0.2) is 77.5 Å². The van der Waals surface area contributed by atoms with Gasteiger partial charge in [0.25, 0.3) is 0 Å². The number of piperazine rings is 1. The first kappa shape index (κ1) is 35.6. The fourth-order valence-corrected chi connectivity index (χ4v) is 6.91. The third-order valence-electron chi connectivity index (χ3n) is 9.49. The number of furan rings is 1. The van der Waals surface area contributed by atoms with E-state index in [1.54, 1.807) is 13.0 Å². The molecule has 0 saturated carbocycles. The van der Waals surface area contributed by atoms with Gasteiger partial charge in [-0.15, -0.1) is 11.6 Å². The van der Waals surface area contributed by atoms with Crippen molar-refractivity contribution in [2.45, 2.75) is 45.4 Å². The van der Waals surface area contributed by atoms with Gasteiger partial charge in [0.15, 0.2) is 5.69 Å². The Labute approximate surface area is 303 Å². The summed E-state index contributed by atoms with van der Waals surface area (Å²) in [5, 5.41) is 12.4. The number of nitriles is 1. The number of nitrogens with one attached hydrogen (secondary N) is 2. The van der Waals surface area contributed by atoms with Gasteiger partial charge in [0.05, 0.1) is 24.8 Å². The molecule has 0 spiro atoms. The van der Waals surface area contributed by atoms with E-state index in [1.807, 2.05) is 48.7 Å². The summed E-state index contributed by atoms with van der Waals surface area (Å²) < 4.78 is 10.7. The van der Waals surface area contributed by atoms with Crippen LogP contribution in [-0.4, -0.2) is 66.0 Å². The van der Waals surface area contributed by atoms with E-state index in [-0.39, 0.29) is 5.76 Å². The number of H-pyrrole nitrogens is 2. The molecule has 1 saturated heterocycles. The third kappa shape index (κ3) is 8.75. The molecule has 0 unspecified atom stereocenters. The van der Waals surface area contributed by atoms with E-state index in [4.69, 9.17) is 27.3 Å². The largest absolute Gasteiger partial charge is 0.460 e. The minimum atomic E-state index is -0.421. The van der Waals surface area contributed by atoms with E-state index < -0.39 is 5.97 Å². The zero-order chi connectivity index (χ0) is 35.6. The summed E-state index contributed by atoms with van der Waals surface area (Å²) in [5.41, 5.74) is 8.05. The number of aromatic amines is 2. The van der Waals surface area contributed by atoms with Crippen LogP contribution in [0.2, 0.25) is 0 Å². The lowest BCUT2D eigenvalue weighted by molar-refractivity contribution is 0.0492. The summed E-state index contributed by atoms with van der Waals surface area (Å²) in [4.78, 5) is 26.9. The third-order valence-corrected chi connectivity index (χ3v) is 9.76. The summed E-state index contributed by atoms with van der Waals surface area (Å²) >= 11 is 5.66. The van der Waals surface area contributed by atoms with Gasteiger partial charge in [-0.1, -0.05) is 6.07 Å². The summed E-state index contributed by atoms with van der Waals surface area (Å²) in [6.07, 6.45) is 10.6. The number of unbranched alkanes of at least 4 members (excludes halogenated alkanes) is 2. The van der Waals surface area contributed by atoms with Crippen molar-refractivity contribution in [1.29, 1.82) is 5.26 Å². The molecular formula is C41H43ClN6O3. The molecule has 3 aromatic heterocycles. The summed E-state index contributed by atoms with van der Waals surface area (Å²) in [6, 6.07) is 21.7. The van der Waals surface area contributed by atoms with E-state index >= 15 is 0 Å². The van der Waals surface area contributed by atoms with Crippen molar-refractivity contribution >= 4 is 61.7 Å².